The molecular weight excluding hydrogens is 404 g/mol. The Morgan fingerprint density at radius 3 is 2.68 bits per heavy atom. The highest BCUT2D eigenvalue weighted by molar-refractivity contribution is 9.10. The molecule has 3 rings (SSSR count). The minimum atomic E-state index is 0. The van der Waals surface area contributed by atoms with Gasteiger partial charge in [0.05, 0.1) is 18.7 Å². The monoisotopic (exact) mass is 423 g/mol. The van der Waals surface area contributed by atoms with Crippen molar-refractivity contribution >= 4 is 26.8 Å². The van der Waals surface area contributed by atoms with Crippen LogP contribution in [0, 0.1) is 0 Å². The Balaban J connectivity index is 0.00000225. The van der Waals surface area contributed by atoms with E-state index in [0.717, 1.165) is 41.0 Å². The average Bonchev–Trinajstić information content (AvgIpc) is 3.01. The zero-order valence-corrected chi connectivity index (χ0v) is 16.6. The summed E-state index contributed by atoms with van der Waals surface area (Å²) in [6, 6.07) is 12.5. The summed E-state index contributed by atoms with van der Waals surface area (Å²) in [6.45, 7) is 1.69. The summed E-state index contributed by atoms with van der Waals surface area (Å²) in [6.07, 6.45) is 3.08. The number of aromatic nitrogens is 1. The second kappa shape index (κ2) is 9.13. The Kier molecular flexibility index (Phi) is 7.17. The lowest BCUT2D eigenvalue weighted by atomic mass is 10.1. The lowest BCUT2D eigenvalue weighted by Gasteiger charge is -2.12. The van der Waals surface area contributed by atoms with Crippen molar-refractivity contribution in [2.75, 3.05) is 20.8 Å². The molecule has 1 heterocycles. The van der Waals surface area contributed by atoms with Crippen LogP contribution >= 0.6 is 15.9 Å². The maximum absolute atomic E-state index is 5.38. The first-order chi connectivity index (χ1) is 11.7. The fourth-order valence-electron chi connectivity index (χ4n) is 2.87. The molecule has 0 bridgehead atoms. The van der Waals surface area contributed by atoms with Crippen molar-refractivity contribution in [1.82, 2.24) is 10.3 Å². The predicted octanol–water partition coefficient (Wildman–Crippen LogP) is 1.28. The van der Waals surface area contributed by atoms with Crippen molar-refractivity contribution in [2.45, 2.75) is 13.0 Å². The van der Waals surface area contributed by atoms with Gasteiger partial charge < -0.3 is 32.2 Å². The van der Waals surface area contributed by atoms with Crippen LogP contribution in [0.4, 0.5) is 0 Å². The van der Waals surface area contributed by atoms with E-state index in [0.29, 0.717) is 0 Å². The van der Waals surface area contributed by atoms with Gasteiger partial charge in [0.15, 0.2) is 11.5 Å². The molecule has 0 saturated carbocycles. The largest absolute Gasteiger partial charge is 1.00 e. The topological polar surface area (TPSA) is 46.3 Å². The molecular formula is C19H21BrClN2O2-. The smallest absolute Gasteiger partial charge is 0.174 e. The number of hydrogen-bond donors (Lipinski definition) is 2. The Labute approximate surface area is 162 Å². The molecule has 0 fully saturated rings. The van der Waals surface area contributed by atoms with E-state index in [1.165, 1.54) is 16.5 Å². The SMILES string of the molecule is COc1cc(CNCCc2c[nH]c3ccccc23)cc(Br)c1OC.[Cl-]. The normalized spacial score (nSPS) is 10.5. The van der Waals surface area contributed by atoms with Gasteiger partial charge in [0.1, 0.15) is 0 Å². The van der Waals surface area contributed by atoms with Crippen molar-refractivity contribution in [3.05, 3.63) is 58.2 Å². The van der Waals surface area contributed by atoms with Crippen LogP contribution in [0.3, 0.4) is 0 Å². The molecule has 0 saturated heterocycles. The van der Waals surface area contributed by atoms with Crippen LogP contribution in [-0.4, -0.2) is 25.7 Å². The van der Waals surface area contributed by atoms with Gasteiger partial charge in [-0.05, 0) is 58.2 Å². The number of para-hydroxylation sites is 1. The third-order valence-corrected chi connectivity index (χ3v) is 4.66. The molecule has 0 aliphatic carbocycles. The van der Waals surface area contributed by atoms with Gasteiger partial charge in [-0.2, -0.15) is 0 Å². The molecule has 134 valence electrons. The molecule has 6 heteroatoms. The summed E-state index contributed by atoms with van der Waals surface area (Å²) in [5.41, 5.74) is 3.68. The first kappa shape index (κ1) is 19.6. The lowest BCUT2D eigenvalue weighted by molar-refractivity contribution is -0.00000531. The number of fused-ring (bicyclic) bond motifs is 1. The highest BCUT2D eigenvalue weighted by Crippen LogP contribution is 2.36. The maximum Gasteiger partial charge on any atom is 0.174 e. The Bertz CT molecular complexity index is 835. The quantitative estimate of drug-likeness (QED) is 0.562. The van der Waals surface area contributed by atoms with E-state index >= 15 is 0 Å². The van der Waals surface area contributed by atoms with Crippen LogP contribution in [0.5, 0.6) is 11.5 Å². The summed E-state index contributed by atoms with van der Waals surface area (Å²) in [4.78, 5) is 3.32. The van der Waals surface area contributed by atoms with Crippen molar-refractivity contribution in [1.29, 1.82) is 0 Å². The minimum Gasteiger partial charge on any atom is -1.00 e. The highest BCUT2D eigenvalue weighted by atomic mass is 79.9. The van der Waals surface area contributed by atoms with Crippen LogP contribution in [0.15, 0.2) is 47.1 Å². The summed E-state index contributed by atoms with van der Waals surface area (Å²) < 4.78 is 11.6. The first-order valence-corrected chi connectivity index (χ1v) is 8.68. The number of rotatable bonds is 7. The van der Waals surface area contributed by atoms with Crippen LogP contribution in [0.25, 0.3) is 10.9 Å². The number of hydrogen-bond acceptors (Lipinski definition) is 3. The fraction of sp³-hybridized carbons (Fsp3) is 0.263. The number of H-pyrrole nitrogens is 1. The van der Waals surface area contributed by atoms with Gasteiger partial charge in [-0.3, -0.25) is 0 Å². The molecule has 0 radical (unpaired) electrons. The van der Waals surface area contributed by atoms with Crippen molar-refractivity contribution in [2.24, 2.45) is 0 Å². The number of methoxy groups -OCH3 is 2. The molecule has 2 N–H and O–H groups in total. The highest BCUT2D eigenvalue weighted by Gasteiger charge is 2.10. The summed E-state index contributed by atoms with van der Waals surface area (Å²) in [7, 11) is 3.29. The first-order valence-electron chi connectivity index (χ1n) is 7.89. The van der Waals surface area contributed by atoms with E-state index in [-0.39, 0.29) is 12.4 Å². The zero-order chi connectivity index (χ0) is 16.9. The number of halogens is 2. The molecule has 0 aliphatic heterocycles. The van der Waals surface area contributed by atoms with Crippen LogP contribution < -0.4 is 27.2 Å². The van der Waals surface area contributed by atoms with Crippen molar-refractivity contribution in [3.63, 3.8) is 0 Å². The maximum atomic E-state index is 5.38. The van der Waals surface area contributed by atoms with Gasteiger partial charge >= 0.3 is 0 Å². The Hall–Kier alpha value is -1.69. The van der Waals surface area contributed by atoms with Gasteiger partial charge in [-0.1, -0.05) is 18.2 Å². The standard InChI is InChI=1S/C19H21BrN2O2.ClH/c1-23-18-10-13(9-16(20)19(18)24-2)11-21-8-7-14-12-22-17-6-4-3-5-15(14)17;/h3-6,9-10,12,21-22H,7-8,11H2,1-2H3;1H/p-1. The molecule has 0 atom stereocenters. The molecule has 0 spiro atoms. The molecule has 0 unspecified atom stereocenters. The van der Waals surface area contributed by atoms with Crippen LogP contribution in [0.2, 0.25) is 0 Å². The molecule has 3 aromatic rings. The lowest BCUT2D eigenvalue weighted by Crippen LogP contribution is -3.00. The summed E-state index contributed by atoms with van der Waals surface area (Å²) in [5, 5.41) is 4.79. The third-order valence-electron chi connectivity index (χ3n) is 4.07. The molecule has 1 aromatic heterocycles. The minimum absolute atomic E-state index is 0. The number of aromatic amines is 1. The van der Waals surface area contributed by atoms with E-state index in [4.69, 9.17) is 9.47 Å². The number of benzene rings is 2. The third kappa shape index (κ3) is 4.48. The Morgan fingerprint density at radius 2 is 1.92 bits per heavy atom. The van der Waals surface area contributed by atoms with Gasteiger partial charge in [-0.15, -0.1) is 0 Å². The zero-order valence-electron chi connectivity index (χ0n) is 14.2. The van der Waals surface area contributed by atoms with Crippen molar-refractivity contribution < 1.29 is 21.9 Å². The van der Waals surface area contributed by atoms with E-state index in [2.05, 4.69) is 62.8 Å². The summed E-state index contributed by atoms with van der Waals surface area (Å²) in [5.74, 6) is 1.46. The van der Waals surface area contributed by atoms with E-state index in [1.54, 1.807) is 14.2 Å². The molecule has 2 aromatic carbocycles. The van der Waals surface area contributed by atoms with E-state index in [9.17, 15) is 0 Å². The molecule has 25 heavy (non-hydrogen) atoms. The predicted molar refractivity (Wildman–Crippen MR) is 101 cm³/mol. The number of nitrogens with one attached hydrogen (secondary N) is 2. The number of ether oxygens (including phenoxy) is 2. The summed E-state index contributed by atoms with van der Waals surface area (Å²) >= 11 is 3.53. The van der Waals surface area contributed by atoms with E-state index in [1.807, 2.05) is 6.07 Å². The second-order valence-corrected chi connectivity index (χ2v) is 6.45. The van der Waals surface area contributed by atoms with Crippen LogP contribution in [-0.2, 0) is 13.0 Å². The van der Waals surface area contributed by atoms with Gasteiger partial charge in [0.25, 0.3) is 0 Å². The van der Waals surface area contributed by atoms with Crippen molar-refractivity contribution in [3.8, 4) is 11.5 Å². The van der Waals surface area contributed by atoms with Crippen LogP contribution in [0.1, 0.15) is 11.1 Å². The average molecular weight is 425 g/mol. The fourth-order valence-corrected chi connectivity index (χ4v) is 3.52. The van der Waals surface area contributed by atoms with E-state index < -0.39 is 0 Å². The molecule has 0 aliphatic rings. The van der Waals surface area contributed by atoms with Gasteiger partial charge in [-0.25, -0.2) is 0 Å². The second-order valence-electron chi connectivity index (χ2n) is 5.60. The van der Waals surface area contributed by atoms with Gasteiger partial charge in [0, 0.05) is 23.6 Å². The molecule has 0 amide bonds. The Morgan fingerprint density at radius 1 is 1.12 bits per heavy atom. The van der Waals surface area contributed by atoms with Gasteiger partial charge in [0.2, 0.25) is 0 Å². The molecule has 4 nitrogen and oxygen atoms in total.